The number of pyridine rings is 1. The Kier molecular flexibility index (Phi) is 4.85. The molecule has 6 heteroatoms. The van der Waals surface area contributed by atoms with Gasteiger partial charge in [-0.25, -0.2) is 0 Å². The van der Waals surface area contributed by atoms with E-state index < -0.39 is 0 Å². The summed E-state index contributed by atoms with van der Waals surface area (Å²) in [6.45, 7) is 1.22. The fraction of sp³-hybridized carbons (Fsp3) is 0.462. The van der Waals surface area contributed by atoms with Crippen molar-refractivity contribution < 1.29 is 14.3 Å². The van der Waals surface area contributed by atoms with Gasteiger partial charge in [-0.3, -0.25) is 14.6 Å². The second kappa shape index (κ2) is 6.84. The first kappa shape index (κ1) is 13.5. The first-order valence-corrected chi connectivity index (χ1v) is 6.32. The summed E-state index contributed by atoms with van der Waals surface area (Å²) in [6, 6.07) is 3.32. The fourth-order valence-corrected chi connectivity index (χ4v) is 1.86. The van der Waals surface area contributed by atoms with Crippen molar-refractivity contribution in [3.8, 4) is 0 Å². The van der Waals surface area contributed by atoms with Crippen LogP contribution in [-0.4, -0.2) is 42.6 Å². The summed E-state index contributed by atoms with van der Waals surface area (Å²) in [4.78, 5) is 27.0. The SMILES string of the molecule is O=C(CNC(=O)c1cccnc1)NCC1CCCO1. The van der Waals surface area contributed by atoms with E-state index in [1.165, 1.54) is 6.20 Å². The third-order valence-electron chi connectivity index (χ3n) is 2.88. The van der Waals surface area contributed by atoms with Gasteiger partial charge in [-0.15, -0.1) is 0 Å². The molecule has 19 heavy (non-hydrogen) atoms. The largest absolute Gasteiger partial charge is 0.376 e. The molecular weight excluding hydrogens is 246 g/mol. The van der Waals surface area contributed by atoms with Crippen molar-refractivity contribution in [2.24, 2.45) is 0 Å². The number of nitrogens with zero attached hydrogens (tertiary/aromatic N) is 1. The molecule has 6 nitrogen and oxygen atoms in total. The minimum Gasteiger partial charge on any atom is -0.376 e. The van der Waals surface area contributed by atoms with Crippen LogP contribution in [0.5, 0.6) is 0 Å². The topological polar surface area (TPSA) is 80.3 Å². The summed E-state index contributed by atoms with van der Waals surface area (Å²) in [6.07, 6.45) is 5.17. The molecule has 1 unspecified atom stereocenters. The summed E-state index contributed by atoms with van der Waals surface area (Å²) < 4.78 is 5.39. The van der Waals surface area contributed by atoms with E-state index in [-0.39, 0.29) is 24.5 Å². The van der Waals surface area contributed by atoms with Crippen LogP contribution >= 0.6 is 0 Å². The zero-order chi connectivity index (χ0) is 13.5. The van der Waals surface area contributed by atoms with Crippen molar-refractivity contribution >= 4 is 11.8 Å². The molecule has 1 fully saturated rings. The van der Waals surface area contributed by atoms with Gasteiger partial charge in [-0.2, -0.15) is 0 Å². The molecule has 2 heterocycles. The van der Waals surface area contributed by atoms with Crippen molar-refractivity contribution in [2.75, 3.05) is 19.7 Å². The van der Waals surface area contributed by atoms with Gasteiger partial charge in [0.05, 0.1) is 18.2 Å². The van der Waals surface area contributed by atoms with Gasteiger partial charge in [0.25, 0.3) is 5.91 Å². The molecule has 1 atom stereocenters. The molecule has 0 saturated carbocycles. The monoisotopic (exact) mass is 263 g/mol. The lowest BCUT2D eigenvalue weighted by atomic mass is 10.2. The number of hydrogen-bond donors (Lipinski definition) is 2. The van der Waals surface area contributed by atoms with Gasteiger partial charge >= 0.3 is 0 Å². The molecule has 0 radical (unpaired) electrons. The minimum absolute atomic E-state index is 0.0412. The van der Waals surface area contributed by atoms with E-state index in [9.17, 15) is 9.59 Å². The molecule has 2 rings (SSSR count). The summed E-state index contributed by atoms with van der Waals surface area (Å²) >= 11 is 0. The maximum Gasteiger partial charge on any atom is 0.253 e. The number of carbonyl (C=O) groups excluding carboxylic acids is 2. The van der Waals surface area contributed by atoms with Crippen molar-refractivity contribution in [1.82, 2.24) is 15.6 Å². The molecule has 102 valence electrons. The Morgan fingerprint density at radius 2 is 2.32 bits per heavy atom. The first-order valence-electron chi connectivity index (χ1n) is 6.32. The van der Waals surface area contributed by atoms with Gasteiger partial charge in [0.2, 0.25) is 5.91 Å². The Morgan fingerprint density at radius 3 is 3.00 bits per heavy atom. The first-order chi connectivity index (χ1) is 9.25. The normalized spacial score (nSPS) is 18.0. The zero-order valence-corrected chi connectivity index (χ0v) is 10.6. The average Bonchev–Trinajstić information content (AvgIpc) is 2.96. The van der Waals surface area contributed by atoms with Crippen molar-refractivity contribution in [3.05, 3.63) is 30.1 Å². The zero-order valence-electron chi connectivity index (χ0n) is 10.6. The number of nitrogens with one attached hydrogen (secondary N) is 2. The summed E-state index contributed by atoms with van der Waals surface area (Å²) in [5.74, 6) is -0.520. The molecule has 1 saturated heterocycles. The third-order valence-corrected chi connectivity index (χ3v) is 2.88. The Bertz CT molecular complexity index is 430. The lowest BCUT2D eigenvalue weighted by Crippen LogP contribution is -2.39. The van der Waals surface area contributed by atoms with Crippen LogP contribution in [0.4, 0.5) is 0 Å². The molecule has 1 aromatic heterocycles. The van der Waals surface area contributed by atoms with Crippen LogP contribution in [-0.2, 0) is 9.53 Å². The van der Waals surface area contributed by atoms with Gasteiger partial charge in [-0.1, -0.05) is 0 Å². The molecule has 2 N–H and O–H groups in total. The van der Waals surface area contributed by atoms with Crippen LogP contribution < -0.4 is 10.6 Å². The number of amides is 2. The second-order valence-corrected chi connectivity index (χ2v) is 4.36. The minimum atomic E-state index is -0.305. The molecule has 1 aliphatic rings. The summed E-state index contributed by atoms with van der Waals surface area (Å²) in [5.41, 5.74) is 0.439. The molecule has 0 bridgehead atoms. The van der Waals surface area contributed by atoms with E-state index in [0.717, 1.165) is 19.4 Å². The summed E-state index contributed by atoms with van der Waals surface area (Å²) in [7, 11) is 0. The van der Waals surface area contributed by atoms with Crippen molar-refractivity contribution in [2.45, 2.75) is 18.9 Å². The van der Waals surface area contributed by atoms with E-state index in [1.54, 1.807) is 18.3 Å². The van der Waals surface area contributed by atoms with Gasteiger partial charge in [0.15, 0.2) is 0 Å². The predicted molar refractivity (Wildman–Crippen MR) is 68.6 cm³/mol. The van der Waals surface area contributed by atoms with Crippen LogP contribution in [0.25, 0.3) is 0 Å². The Morgan fingerprint density at radius 1 is 1.42 bits per heavy atom. The second-order valence-electron chi connectivity index (χ2n) is 4.36. The quantitative estimate of drug-likeness (QED) is 0.790. The van der Waals surface area contributed by atoms with Crippen LogP contribution in [0.2, 0.25) is 0 Å². The van der Waals surface area contributed by atoms with Gasteiger partial charge in [-0.05, 0) is 25.0 Å². The molecule has 1 aliphatic heterocycles. The van der Waals surface area contributed by atoms with Gasteiger partial charge in [0, 0.05) is 25.5 Å². The van der Waals surface area contributed by atoms with E-state index in [4.69, 9.17) is 4.74 Å². The fourth-order valence-electron chi connectivity index (χ4n) is 1.86. The van der Waals surface area contributed by atoms with E-state index >= 15 is 0 Å². The van der Waals surface area contributed by atoms with Crippen LogP contribution in [0.3, 0.4) is 0 Å². The Balaban J connectivity index is 1.67. The average molecular weight is 263 g/mol. The lowest BCUT2D eigenvalue weighted by molar-refractivity contribution is -0.120. The maximum atomic E-state index is 11.7. The highest BCUT2D eigenvalue weighted by Crippen LogP contribution is 2.10. The Labute approximate surface area is 111 Å². The lowest BCUT2D eigenvalue weighted by Gasteiger charge is -2.11. The predicted octanol–water partition coefficient (Wildman–Crippen LogP) is 0.107. The Hall–Kier alpha value is -1.95. The number of rotatable bonds is 5. The molecule has 1 aromatic rings. The third kappa shape index (κ3) is 4.33. The van der Waals surface area contributed by atoms with E-state index in [2.05, 4.69) is 15.6 Å². The standard InChI is InChI=1S/C13H17N3O3/c17-12(15-8-11-4-2-6-19-11)9-16-13(18)10-3-1-5-14-7-10/h1,3,5,7,11H,2,4,6,8-9H2,(H,15,17)(H,16,18). The summed E-state index contributed by atoms with van der Waals surface area (Å²) in [5, 5.41) is 5.28. The number of carbonyl (C=O) groups is 2. The highest BCUT2D eigenvalue weighted by Gasteiger charge is 2.16. The van der Waals surface area contributed by atoms with E-state index in [0.29, 0.717) is 12.1 Å². The van der Waals surface area contributed by atoms with Crippen LogP contribution in [0.1, 0.15) is 23.2 Å². The van der Waals surface area contributed by atoms with Crippen LogP contribution in [0.15, 0.2) is 24.5 Å². The van der Waals surface area contributed by atoms with E-state index in [1.807, 2.05) is 0 Å². The molecular formula is C13H17N3O3. The number of ether oxygens (including phenoxy) is 1. The molecule has 0 aliphatic carbocycles. The number of aromatic nitrogens is 1. The highest BCUT2D eigenvalue weighted by atomic mass is 16.5. The molecule has 0 spiro atoms. The number of hydrogen-bond acceptors (Lipinski definition) is 4. The van der Waals surface area contributed by atoms with Gasteiger partial charge in [0.1, 0.15) is 0 Å². The van der Waals surface area contributed by atoms with Crippen molar-refractivity contribution in [1.29, 1.82) is 0 Å². The smallest absolute Gasteiger partial charge is 0.253 e. The van der Waals surface area contributed by atoms with Crippen molar-refractivity contribution in [3.63, 3.8) is 0 Å². The van der Waals surface area contributed by atoms with Crippen LogP contribution in [0, 0.1) is 0 Å². The maximum absolute atomic E-state index is 11.7. The molecule has 2 amide bonds. The van der Waals surface area contributed by atoms with Gasteiger partial charge < -0.3 is 15.4 Å². The highest BCUT2D eigenvalue weighted by molar-refractivity contribution is 5.96. The molecule has 0 aromatic carbocycles.